The first-order valence-electron chi connectivity index (χ1n) is 7.26. The van der Waals surface area contributed by atoms with E-state index >= 15 is 0 Å². The molecule has 10 heteroatoms. The van der Waals surface area contributed by atoms with Crippen LogP contribution in [0, 0.1) is 0 Å². The first-order valence-corrected chi connectivity index (χ1v) is 9.13. The molecule has 3 aromatic rings. The maximum Gasteiger partial charge on any atom is 0.268 e. The molecule has 8 nitrogen and oxygen atoms in total. The second-order valence-corrected chi connectivity index (χ2v) is 7.07. The molecule has 1 saturated heterocycles. The summed E-state index contributed by atoms with van der Waals surface area (Å²) in [4.78, 5) is 19.2. The molecule has 120 valence electrons. The van der Waals surface area contributed by atoms with Gasteiger partial charge >= 0.3 is 0 Å². The number of hydrogen-bond acceptors (Lipinski definition) is 8. The van der Waals surface area contributed by atoms with Crippen LogP contribution in [0.4, 0.5) is 0 Å². The lowest BCUT2D eigenvalue weighted by Crippen LogP contribution is -2.17. The average molecular weight is 350 g/mol. The normalized spacial score (nSPS) is 18.0. The summed E-state index contributed by atoms with van der Waals surface area (Å²) < 4.78 is 8.02. The quantitative estimate of drug-likeness (QED) is 0.695. The fraction of sp³-hybridized carbons (Fsp3) is 0.462. The van der Waals surface area contributed by atoms with Crippen molar-refractivity contribution < 1.29 is 4.74 Å². The van der Waals surface area contributed by atoms with Crippen molar-refractivity contribution in [2.45, 2.75) is 36.4 Å². The van der Waals surface area contributed by atoms with Gasteiger partial charge in [-0.3, -0.25) is 4.79 Å². The van der Waals surface area contributed by atoms with E-state index in [4.69, 9.17) is 4.74 Å². The van der Waals surface area contributed by atoms with E-state index < -0.39 is 0 Å². The van der Waals surface area contributed by atoms with Gasteiger partial charge in [-0.05, 0) is 34.7 Å². The molecule has 0 aliphatic carbocycles. The van der Waals surface area contributed by atoms with Gasteiger partial charge in [0, 0.05) is 6.61 Å². The Morgan fingerprint density at radius 1 is 1.52 bits per heavy atom. The van der Waals surface area contributed by atoms with Crippen LogP contribution >= 0.6 is 23.1 Å². The Morgan fingerprint density at radius 3 is 3.35 bits per heavy atom. The summed E-state index contributed by atoms with van der Waals surface area (Å²) in [5.74, 6) is 1.13. The molecule has 1 atom stereocenters. The molecule has 0 aromatic carbocycles. The first kappa shape index (κ1) is 14.8. The third-order valence-corrected chi connectivity index (χ3v) is 5.47. The predicted octanol–water partition coefficient (Wildman–Crippen LogP) is 1.44. The summed E-state index contributed by atoms with van der Waals surface area (Å²) in [6, 6.07) is 1.85. The van der Waals surface area contributed by atoms with Crippen LogP contribution in [0.5, 0.6) is 0 Å². The Hall–Kier alpha value is -1.78. The second-order valence-electron chi connectivity index (χ2n) is 5.21. The molecular formula is C13H14N6O2S2. The molecular weight excluding hydrogens is 336 g/mol. The summed E-state index contributed by atoms with van der Waals surface area (Å²) >= 11 is 2.85. The molecule has 1 N–H and O–H groups in total. The Labute approximate surface area is 139 Å². The lowest BCUT2D eigenvalue weighted by Gasteiger charge is -2.09. The zero-order valence-electron chi connectivity index (χ0n) is 12.1. The summed E-state index contributed by atoms with van der Waals surface area (Å²) in [6.07, 6.45) is 2.30. The summed E-state index contributed by atoms with van der Waals surface area (Å²) in [6.45, 7) is 1.46. The number of fused-ring (bicyclic) bond motifs is 1. The van der Waals surface area contributed by atoms with Crippen LogP contribution in [0.2, 0.25) is 0 Å². The number of tetrazole rings is 1. The van der Waals surface area contributed by atoms with Gasteiger partial charge in [-0.2, -0.15) is 0 Å². The number of ether oxygens (including phenoxy) is 1. The predicted molar refractivity (Wildman–Crippen MR) is 86.6 cm³/mol. The van der Waals surface area contributed by atoms with Crippen LogP contribution < -0.4 is 5.56 Å². The molecule has 0 bridgehead atoms. The zero-order valence-corrected chi connectivity index (χ0v) is 13.8. The van der Waals surface area contributed by atoms with Crippen molar-refractivity contribution in [3.8, 4) is 0 Å². The van der Waals surface area contributed by atoms with Crippen LogP contribution in [-0.2, 0) is 17.0 Å². The molecule has 0 unspecified atom stereocenters. The molecule has 4 rings (SSSR count). The average Bonchev–Trinajstić information content (AvgIpc) is 3.27. The van der Waals surface area contributed by atoms with Gasteiger partial charge in [0.05, 0.1) is 23.9 Å². The number of rotatable bonds is 5. The third kappa shape index (κ3) is 3.14. The zero-order chi connectivity index (χ0) is 15.6. The van der Waals surface area contributed by atoms with Gasteiger partial charge in [-0.15, -0.1) is 16.4 Å². The van der Waals surface area contributed by atoms with Gasteiger partial charge in [0.2, 0.25) is 5.16 Å². The minimum atomic E-state index is -0.0976. The molecule has 0 spiro atoms. The van der Waals surface area contributed by atoms with E-state index in [1.54, 1.807) is 4.68 Å². The number of thiophene rings is 1. The Bertz CT molecular complexity index is 867. The van der Waals surface area contributed by atoms with E-state index in [1.807, 2.05) is 11.4 Å². The van der Waals surface area contributed by atoms with Crippen LogP contribution in [0.1, 0.15) is 18.7 Å². The van der Waals surface area contributed by atoms with Crippen molar-refractivity contribution in [3.05, 3.63) is 27.6 Å². The van der Waals surface area contributed by atoms with Crippen LogP contribution in [0.15, 0.2) is 21.4 Å². The van der Waals surface area contributed by atoms with Crippen molar-refractivity contribution >= 4 is 33.3 Å². The van der Waals surface area contributed by atoms with E-state index in [0.29, 0.717) is 28.0 Å². The van der Waals surface area contributed by atoms with Crippen molar-refractivity contribution in [1.82, 2.24) is 30.2 Å². The van der Waals surface area contributed by atoms with Gasteiger partial charge in [-0.1, -0.05) is 11.8 Å². The minimum Gasteiger partial charge on any atom is -0.376 e. The smallest absolute Gasteiger partial charge is 0.268 e. The molecule has 0 saturated carbocycles. The SMILES string of the molecule is O=c1[nH]c(CSc2nnnn2C[C@@H]2CCCO2)nc2ccsc12. The standard InChI is InChI=1S/C13H14N6O2S2/c20-12-11-9(3-5-22-11)14-10(15-12)7-23-13-16-17-18-19(13)6-8-2-1-4-21-8/h3,5,8H,1-2,4,6-7H2,(H,14,15,20)/t8-/m0/s1. The molecule has 1 aliphatic rings. The number of H-pyrrole nitrogens is 1. The largest absolute Gasteiger partial charge is 0.376 e. The van der Waals surface area contributed by atoms with Crippen LogP contribution in [-0.4, -0.2) is 42.9 Å². The summed E-state index contributed by atoms with van der Waals surface area (Å²) in [5.41, 5.74) is 0.632. The first-order chi connectivity index (χ1) is 11.3. The van der Waals surface area contributed by atoms with Crippen molar-refractivity contribution in [2.75, 3.05) is 6.61 Å². The van der Waals surface area contributed by atoms with Crippen molar-refractivity contribution in [1.29, 1.82) is 0 Å². The maximum atomic E-state index is 12.0. The third-order valence-electron chi connectivity index (χ3n) is 3.60. The molecule has 23 heavy (non-hydrogen) atoms. The summed E-state index contributed by atoms with van der Waals surface area (Å²) in [7, 11) is 0. The lowest BCUT2D eigenvalue weighted by atomic mass is 10.2. The Morgan fingerprint density at radius 2 is 2.48 bits per heavy atom. The monoisotopic (exact) mass is 350 g/mol. The number of aromatic nitrogens is 6. The molecule has 0 amide bonds. The molecule has 1 fully saturated rings. The topological polar surface area (TPSA) is 98.6 Å². The molecule has 1 aliphatic heterocycles. The highest BCUT2D eigenvalue weighted by Crippen LogP contribution is 2.21. The van der Waals surface area contributed by atoms with E-state index in [9.17, 15) is 4.79 Å². The molecule has 4 heterocycles. The number of thioether (sulfide) groups is 1. The number of aromatic amines is 1. The number of hydrogen-bond donors (Lipinski definition) is 1. The van der Waals surface area contributed by atoms with E-state index in [-0.39, 0.29) is 11.7 Å². The van der Waals surface area contributed by atoms with Gasteiger partial charge in [0.25, 0.3) is 5.56 Å². The lowest BCUT2D eigenvalue weighted by molar-refractivity contribution is 0.0912. The highest BCUT2D eigenvalue weighted by Gasteiger charge is 2.19. The Balaban J connectivity index is 1.47. The highest BCUT2D eigenvalue weighted by molar-refractivity contribution is 7.98. The maximum absolute atomic E-state index is 12.0. The van der Waals surface area contributed by atoms with E-state index in [0.717, 1.165) is 25.0 Å². The van der Waals surface area contributed by atoms with Crippen molar-refractivity contribution in [2.24, 2.45) is 0 Å². The number of nitrogens with one attached hydrogen (secondary N) is 1. The second kappa shape index (κ2) is 6.38. The highest BCUT2D eigenvalue weighted by atomic mass is 32.2. The fourth-order valence-electron chi connectivity index (χ4n) is 2.52. The van der Waals surface area contributed by atoms with E-state index in [1.165, 1.54) is 23.1 Å². The molecule has 3 aromatic heterocycles. The Kier molecular flexibility index (Phi) is 4.10. The fourth-order valence-corrected chi connectivity index (χ4v) is 4.00. The van der Waals surface area contributed by atoms with Crippen LogP contribution in [0.3, 0.4) is 0 Å². The van der Waals surface area contributed by atoms with E-state index in [2.05, 4.69) is 25.5 Å². The number of nitrogens with zero attached hydrogens (tertiary/aromatic N) is 5. The molecule has 0 radical (unpaired) electrons. The van der Waals surface area contributed by atoms with Gasteiger partial charge in [0.15, 0.2) is 0 Å². The van der Waals surface area contributed by atoms with Gasteiger partial charge < -0.3 is 9.72 Å². The van der Waals surface area contributed by atoms with Crippen molar-refractivity contribution in [3.63, 3.8) is 0 Å². The van der Waals surface area contributed by atoms with Gasteiger partial charge in [-0.25, -0.2) is 9.67 Å². The summed E-state index contributed by atoms with van der Waals surface area (Å²) in [5, 5.41) is 14.4. The van der Waals surface area contributed by atoms with Crippen LogP contribution in [0.25, 0.3) is 10.2 Å². The minimum absolute atomic E-state index is 0.0976. The van der Waals surface area contributed by atoms with Gasteiger partial charge in [0.1, 0.15) is 10.5 Å².